The number of hydrogen-bond donors (Lipinski definition) is 0. The third-order valence-corrected chi connectivity index (χ3v) is 8.42. The molecule has 3 fully saturated rings. The Balaban J connectivity index is 1.43. The molecule has 0 aliphatic heterocycles. The molecule has 5 rings (SSSR count). The number of hydrogen-bond acceptors (Lipinski definition) is 0. The molecule has 3 aliphatic carbocycles. The molecule has 144 valence electrons. The summed E-state index contributed by atoms with van der Waals surface area (Å²) in [6.07, 6.45) is 4.40. The maximum absolute atomic E-state index is 2.52. The van der Waals surface area contributed by atoms with Crippen LogP contribution in [0.25, 0.3) is 11.1 Å². The molecule has 3 atom stereocenters. The molecular formula is C25H33IN+. The molecule has 3 aliphatic rings. The van der Waals surface area contributed by atoms with Gasteiger partial charge in [-0.1, -0.05) is 56.3 Å². The Morgan fingerprint density at radius 3 is 2.33 bits per heavy atom. The number of rotatable bonds is 5. The van der Waals surface area contributed by atoms with Gasteiger partial charge in [-0.3, -0.25) is 0 Å². The molecule has 2 aromatic carbocycles. The molecule has 0 unspecified atom stereocenters. The monoisotopic (exact) mass is 474 g/mol. The molecule has 3 saturated carbocycles. The van der Waals surface area contributed by atoms with Crippen molar-refractivity contribution in [2.24, 2.45) is 23.2 Å². The van der Waals surface area contributed by atoms with Crippen LogP contribution in [-0.2, 0) is 6.54 Å². The van der Waals surface area contributed by atoms with Crippen LogP contribution in [0.2, 0.25) is 0 Å². The number of halogens is 1. The fourth-order valence-corrected chi connectivity index (χ4v) is 6.56. The van der Waals surface area contributed by atoms with Gasteiger partial charge in [0.05, 0.1) is 20.6 Å². The lowest BCUT2D eigenvalue weighted by Gasteiger charge is -2.60. The normalized spacial score (nSPS) is 26.5. The van der Waals surface area contributed by atoms with E-state index in [0.29, 0.717) is 5.41 Å². The van der Waals surface area contributed by atoms with Crippen LogP contribution in [0.15, 0.2) is 48.5 Å². The van der Waals surface area contributed by atoms with Crippen molar-refractivity contribution in [2.45, 2.75) is 39.7 Å². The third kappa shape index (κ3) is 3.85. The van der Waals surface area contributed by atoms with E-state index in [1.54, 1.807) is 0 Å². The zero-order chi connectivity index (χ0) is 19.2. The van der Waals surface area contributed by atoms with E-state index in [4.69, 9.17) is 0 Å². The van der Waals surface area contributed by atoms with Crippen LogP contribution in [-0.4, -0.2) is 25.1 Å². The van der Waals surface area contributed by atoms with E-state index in [1.807, 2.05) is 0 Å². The molecule has 0 aromatic heterocycles. The molecule has 27 heavy (non-hydrogen) atoms. The summed E-state index contributed by atoms with van der Waals surface area (Å²) in [6.45, 7) is 7.47. The summed E-state index contributed by atoms with van der Waals surface area (Å²) in [5, 5.41) is 0. The average Bonchev–Trinajstić information content (AvgIpc) is 2.62. The Morgan fingerprint density at radius 1 is 1.00 bits per heavy atom. The minimum Gasteiger partial charge on any atom is -0.324 e. The van der Waals surface area contributed by atoms with Gasteiger partial charge in [-0.05, 0) is 76.3 Å². The second-order valence-corrected chi connectivity index (χ2v) is 11.3. The summed E-state index contributed by atoms with van der Waals surface area (Å²) in [5.41, 5.74) is 4.71. The van der Waals surface area contributed by atoms with Crippen molar-refractivity contribution in [1.29, 1.82) is 0 Å². The van der Waals surface area contributed by atoms with E-state index in [0.717, 1.165) is 28.8 Å². The Labute approximate surface area is 178 Å². The van der Waals surface area contributed by atoms with Gasteiger partial charge in [-0.2, -0.15) is 0 Å². The Kier molecular flexibility index (Phi) is 5.17. The maximum Gasteiger partial charge on any atom is 0.104 e. The summed E-state index contributed by atoms with van der Waals surface area (Å²) in [4.78, 5) is 0. The van der Waals surface area contributed by atoms with E-state index < -0.39 is 0 Å². The first kappa shape index (κ1) is 19.4. The number of nitrogens with zero attached hydrogens (tertiary/aromatic N) is 1. The van der Waals surface area contributed by atoms with Crippen LogP contribution in [0.4, 0.5) is 0 Å². The fourth-order valence-electron chi connectivity index (χ4n) is 5.86. The second-order valence-electron chi connectivity index (χ2n) is 10.2. The molecule has 2 bridgehead atoms. The summed E-state index contributed by atoms with van der Waals surface area (Å²) in [7, 11) is 4.84. The molecule has 0 spiro atoms. The van der Waals surface area contributed by atoms with Gasteiger partial charge >= 0.3 is 0 Å². The summed E-state index contributed by atoms with van der Waals surface area (Å²) < 4.78 is 2.42. The lowest BCUT2D eigenvalue weighted by molar-refractivity contribution is -0.908. The second kappa shape index (κ2) is 7.18. The molecule has 0 N–H and O–H groups in total. The van der Waals surface area contributed by atoms with Crippen molar-refractivity contribution in [3.05, 3.63) is 57.7 Å². The van der Waals surface area contributed by atoms with Crippen LogP contribution >= 0.6 is 22.6 Å². The van der Waals surface area contributed by atoms with Gasteiger partial charge in [0.1, 0.15) is 6.54 Å². The highest BCUT2D eigenvalue weighted by atomic mass is 127. The van der Waals surface area contributed by atoms with Crippen molar-refractivity contribution >= 4 is 22.6 Å². The average molecular weight is 474 g/mol. The van der Waals surface area contributed by atoms with Gasteiger partial charge in [-0.15, -0.1) is 0 Å². The van der Waals surface area contributed by atoms with E-state index >= 15 is 0 Å². The van der Waals surface area contributed by atoms with Crippen molar-refractivity contribution in [2.75, 3.05) is 20.6 Å². The topological polar surface area (TPSA) is 0 Å². The molecule has 0 heterocycles. The fraction of sp³-hybridized carbons (Fsp3) is 0.520. The summed E-state index contributed by atoms with van der Waals surface area (Å²) in [5.74, 6) is 2.86. The number of fused-ring (bicyclic) bond motifs is 2. The molecule has 2 heteroatoms. The third-order valence-electron chi connectivity index (χ3n) is 7.48. The molecule has 0 radical (unpaired) electrons. The lowest BCUT2D eigenvalue weighted by atomic mass is 9.45. The van der Waals surface area contributed by atoms with Gasteiger partial charge in [0.25, 0.3) is 0 Å². The highest BCUT2D eigenvalue weighted by Crippen LogP contribution is 2.61. The number of quaternary nitrogens is 1. The van der Waals surface area contributed by atoms with E-state index in [2.05, 4.69) is 99.1 Å². The predicted octanol–water partition coefficient (Wildman–Crippen LogP) is 6.61. The Hall–Kier alpha value is -0.870. The van der Waals surface area contributed by atoms with Gasteiger partial charge in [0, 0.05) is 15.1 Å². The van der Waals surface area contributed by atoms with Gasteiger partial charge < -0.3 is 4.48 Å². The van der Waals surface area contributed by atoms with Crippen LogP contribution < -0.4 is 0 Å². The van der Waals surface area contributed by atoms with Crippen LogP contribution in [0, 0.1) is 26.7 Å². The van der Waals surface area contributed by atoms with Crippen molar-refractivity contribution in [1.82, 2.24) is 0 Å². The zero-order valence-electron chi connectivity index (χ0n) is 17.2. The largest absolute Gasteiger partial charge is 0.324 e. The standard InChI is InChI=1S/C25H33IN/c1-25(2)21-14-13-20(23(25)15-21)17-27(3,4)16-18-9-11-19(12-10-18)22-7-5-6-8-24(22)26/h5-12,20-21,23H,13-17H2,1-4H3/q+1/t20-,21-,23-/m0/s1. The Morgan fingerprint density at radius 2 is 1.70 bits per heavy atom. The molecule has 0 saturated heterocycles. The maximum atomic E-state index is 2.52. The number of benzene rings is 2. The van der Waals surface area contributed by atoms with Crippen LogP contribution in [0.3, 0.4) is 0 Å². The minimum atomic E-state index is 0.595. The van der Waals surface area contributed by atoms with Crippen molar-refractivity contribution < 1.29 is 4.48 Å². The summed E-state index contributed by atoms with van der Waals surface area (Å²) in [6, 6.07) is 17.9. The Bertz CT molecular complexity index is 803. The molecule has 2 aromatic rings. The lowest BCUT2D eigenvalue weighted by Crippen LogP contribution is -2.56. The predicted molar refractivity (Wildman–Crippen MR) is 123 cm³/mol. The molecular weight excluding hydrogens is 441 g/mol. The van der Waals surface area contributed by atoms with Gasteiger partial charge in [0.15, 0.2) is 0 Å². The summed E-state index contributed by atoms with van der Waals surface area (Å²) >= 11 is 2.43. The van der Waals surface area contributed by atoms with Crippen molar-refractivity contribution in [3.8, 4) is 11.1 Å². The van der Waals surface area contributed by atoms with E-state index in [1.165, 1.54) is 46.1 Å². The van der Waals surface area contributed by atoms with Gasteiger partial charge in [0.2, 0.25) is 0 Å². The quantitative estimate of drug-likeness (QED) is 0.338. The zero-order valence-corrected chi connectivity index (χ0v) is 19.4. The van der Waals surface area contributed by atoms with Gasteiger partial charge in [-0.25, -0.2) is 0 Å². The van der Waals surface area contributed by atoms with E-state index in [-0.39, 0.29) is 0 Å². The minimum absolute atomic E-state index is 0.595. The van der Waals surface area contributed by atoms with Crippen LogP contribution in [0.1, 0.15) is 38.7 Å². The first-order chi connectivity index (χ1) is 12.8. The smallest absolute Gasteiger partial charge is 0.104 e. The van der Waals surface area contributed by atoms with Crippen molar-refractivity contribution in [3.63, 3.8) is 0 Å². The highest BCUT2D eigenvalue weighted by Gasteiger charge is 2.55. The molecule has 1 nitrogen and oxygen atoms in total. The first-order valence-electron chi connectivity index (χ1n) is 10.4. The first-order valence-corrected chi connectivity index (χ1v) is 11.5. The van der Waals surface area contributed by atoms with E-state index in [9.17, 15) is 0 Å². The highest BCUT2D eigenvalue weighted by molar-refractivity contribution is 14.1. The van der Waals surface area contributed by atoms with Crippen LogP contribution in [0.5, 0.6) is 0 Å². The molecule has 0 amide bonds. The SMILES string of the molecule is CC1(C)[C@H]2CC[C@@H](C[N+](C)(C)Cc3ccc(-c4ccccc4I)cc3)[C@@H]1C2.